The van der Waals surface area contributed by atoms with Gasteiger partial charge in [-0.05, 0) is 37.5 Å². The maximum atomic E-state index is 5.47. The van der Waals surface area contributed by atoms with E-state index in [9.17, 15) is 0 Å². The maximum absolute atomic E-state index is 5.47. The molecule has 0 aliphatic heterocycles. The second kappa shape index (κ2) is 13.5. The van der Waals surface area contributed by atoms with Gasteiger partial charge in [0.05, 0.1) is 27.3 Å². The topological polar surface area (TPSA) is 85.6 Å². The molecule has 0 spiro atoms. The Bertz CT molecular complexity index is 784. The molecule has 1 aromatic heterocycles. The van der Waals surface area contributed by atoms with Crippen molar-refractivity contribution in [2.45, 2.75) is 26.4 Å². The van der Waals surface area contributed by atoms with Gasteiger partial charge in [0.1, 0.15) is 17.3 Å². The summed E-state index contributed by atoms with van der Waals surface area (Å²) in [5.74, 6) is 5.10. The van der Waals surface area contributed by atoms with Crippen LogP contribution < -0.4 is 20.1 Å². The van der Waals surface area contributed by atoms with Crippen LogP contribution in [-0.4, -0.2) is 53.5 Å². The van der Waals surface area contributed by atoms with Crippen molar-refractivity contribution in [3.63, 3.8) is 0 Å². The average molecular weight is 534 g/mol. The van der Waals surface area contributed by atoms with E-state index < -0.39 is 0 Å². The number of halogens is 1. The van der Waals surface area contributed by atoms with E-state index >= 15 is 0 Å². The van der Waals surface area contributed by atoms with Crippen molar-refractivity contribution in [1.82, 2.24) is 25.4 Å². The Morgan fingerprint density at radius 1 is 1.21 bits per heavy atom. The molecule has 0 saturated carbocycles. The van der Waals surface area contributed by atoms with Crippen molar-refractivity contribution in [3.8, 4) is 11.5 Å². The molecule has 29 heavy (non-hydrogen) atoms. The van der Waals surface area contributed by atoms with Crippen molar-refractivity contribution in [2.24, 2.45) is 12.0 Å². The summed E-state index contributed by atoms with van der Waals surface area (Å²) < 4.78 is 12.7. The lowest BCUT2D eigenvalue weighted by Crippen LogP contribution is -2.38. The molecule has 1 aromatic carbocycles. The van der Waals surface area contributed by atoms with Crippen LogP contribution in [0.2, 0.25) is 0 Å². The lowest BCUT2D eigenvalue weighted by molar-refractivity contribution is 0.391. The van der Waals surface area contributed by atoms with E-state index in [0.29, 0.717) is 13.1 Å². The van der Waals surface area contributed by atoms with E-state index in [-0.39, 0.29) is 24.0 Å². The number of rotatable bonds is 10. The third kappa shape index (κ3) is 7.92. The molecule has 2 rings (SSSR count). The van der Waals surface area contributed by atoms with Gasteiger partial charge in [0.2, 0.25) is 0 Å². The smallest absolute Gasteiger partial charge is 0.191 e. The summed E-state index contributed by atoms with van der Waals surface area (Å²) in [4.78, 5) is 4.72. The highest BCUT2D eigenvalue weighted by molar-refractivity contribution is 14.0. The summed E-state index contributed by atoms with van der Waals surface area (Å²) in [7, 11) is 5.25. The van der Waals surface area contributed by atoms with E-state index in [2.05, 4.69) is 27.1 Å². The zero-order valence-corrected chi connectivity index (χ0v) is 20.8. The first-order valence-electron chi connectivity index (χ1n) is 9.16. The van der Waals surface area contributed by atoms with Crippen LogP contribution in [0.5, 0.6) is 11.5 Å². The number of hydrogen-bond acceptors (Lipinski definition) is 6. The maximum Gasteiger partial charge on any atom is 0.191 e. The summed E-state index contributed by atoms with van der Waals surface area (Å²) >= 11 is 1.84. The molecule has 0 atom stereocenters. The predicted molar refractivity (Wildman–Crippen MR) is 130 cm³/mol. The van der Waals surface area contributed by atoms with Crippen LogP contribution in [0.15, 0.2) is 23.2 Å². The summed E-state index contributed by atoms with van der Waals surface area (Å²) in [6.45, 7) is 3.82. The second-order valence-electron chi connectivity index (χ2n) is 6.19. The molecule has 0 saturated heterocycles. The minimum Gasteiger partial charge on any atom is -0.497 e. The van der Waals surface area contributed by atoms with Crippen molar-refractivity contribution in [2.75, 3.05) is 32.8 Å². The van der Waals surface area contributed by atoms with Gasteiger partial charge in [-0.1, -0.05) is 0 Å². The number of aliphatic imine (C=N–C) groups is 1. The molecule has 0 aliphatic carbocycles. The molecule has 162 valence electrons. The minimum absolute atomic E-state index is 0. The van der Waals surface area contributed by atoms with Gasteiger partial charge in [-0.25, -0.2) is 4.99 Å². The standard InChI is InChI=1S/C19H30N6O2S.HI/c1-14-23-24-18(25(14)2)13-22-19(20-9-6-10-28-5)21-12-15-7-8-16(26-3)11-17(15)27-4;/h7-8,11H,6,9-10,12-13H2,1-5H3,(H2,20,21,22);1H. The largest absolute Gasteiger partial charge is 0.497 e. The lowest BCUT2D eigenvalue weighted by atomic mass is 10.2. The van der Waals surface area contributed by atoms with Crippen molar-refractivity contribution >= 4 is 41.7 Å². The van der Waals surface area contributed by atoms with Crippen LogP contribution >= 0.6 is 35.7 Å². The quantitative estimate of drug-likeness (QED) is 0.210. The SMILES string of the molecule is COc1ccc(CN=C(NCCCSC)NCc2nnc(C)n2C)c(OC)c1.I. The summed E-state index contributed by atoms with van der Waals surface area (Å²) in [6, 6.07) is 5.75. The van der Waals surface area contributed by atoms with Crippen LogP contribution in [0.3, 0.4) is 0 Å². The van der Waals surface area contributed by atoms with Gasteiger partial charge in [0, 0.05) is 25.2 Å². The highest BCUT2D eigenvalue weighted by Crippen LogP contribution is 2.25. The average Bonchev–Trinajstić information content (AvgIpc) is 3.04. The Labute approximate surface area is 194 Å². The van der Waals surface area contributed by atoms with Gasteiger partial charge >= 0.3 is 0 Å². The number of aromatic nitrogens is 3. The Balaban J connectivity index is 0.00000420. The molecule has 2 N–H and O–H groups in total. The molecule has 0 bridgehead atoms. The number of nitrogens with zero attached hydrogens (tertiary/aromatic N) is 4. The molecular weight excluding hydrogens is 503 g/mol. The first-order valence-corrected chi connectivity index (χ1v) is 10.5. The van der Waals surface area contributed by atoms with Crippen LogP contribution in [-0.2, 0) is 20.1 Å². The normalized spacial score (nSPS) is 11.0. The third-order valence-corrected chi connectivity index (χ3v) is 5.01. The van der Waals surface area contributed by atoms with Crippen LogP contribution in [0.4, 0.5) is 0 Å². The summed E-state index contributed by atoms with van der Waals surface area (Å²) in [5, 5.41) is 15.0. The monoisotopic (exact) mass is 534 g/mol. The Hall–Kier alpha value is -1.69. The zero-order chi connectivity index (χ0) is 20.4. The lowest BCUT2D eigenvalue weighted by Gasteiger charge is -2.13. The van der Waals surface area contributed by atoms with Gasteiger partial charge in [-0.3, -0.25) is 0 Å². The molecule has 0 fully saturated rings. The summed E-state index contributed by atoms with van der Waals surface area (Å²) in [5.41, 5.74) is 0.989. The van der Waals surface area contributed by atoms with Crippen LogP contribution in [0, 0.1) is 6.92 Å². The molecule has 8 nitrogen and oxygen atoms in total. The number of nitrogens with one attached hydrogen (secondary N) is 2. The van der Waals surface area contributed by atoms with Gasteiger partial charge in [0.15, 0.2) is 11.8 Å². The Morgan fingerprint density at radius 3 is 2.62 bits per heavy atom. The van der Waals surface area contributed by atoms with E-state index in [1.54, 1.807) is 14.2 Å². The van der Waals surface area contributed by atoms with Gasteiger partial charge in [-0.2, -0.15) is 11.8 Å². The van der Waals surface area contributed by atoms with E-state index in [0.717, 1.165) is 53.4 Å². The molecular formula is C19H31IN6O2S. The molecule has 0 unspecified atom stereocenters. The molecule has 2 aromatic rings. The number of guanidine groups is 1. The molecule has 10 heteroatoms. The molecule has 0 aliphatic rings. The minimum atomic E-state index is 0. The number of aryl methyl sites for hydroxylation is 1. The Kier molecular flexibility index (Phi) is 11.8. The van der Waals surface area contributed by atoms with E-state index in [4.69, 9.17) is 14.5 Å². The highest BCUT2D eigenvalue weighted by atomic mass is 127. The Morgan fingerprint density at radius 2 is 2.00 bits per heavy atom. The zero-order valence-electron chi connectivity index (χ0n) is 17.7. The summed E-state index contributed by atoms with van der Waals surface area (Å²) in [6.07, 6.45) is 3.18. The number of ether oxygens (including phenoxy) is 2. The predicted octanol–water partition coefficient (Wildman–Crippen LogP) is 2.75. The highest BCUT2D eigenvalue weighted by Gasteiger charge is 2.08. The number of thioether (sulfide) groups is 1. The van der Waals surface area contributed by atoms with Gasteiger partial charge < -0.3 is 24.7 Å². The van der Waals surface area contributed by atoms with E-state index in [1.165, 1.54) is 0 Å². The van der Waals surface area contributed by atoms with Gasteiger partial charge in [0.25, 0.3) is 0 Å². The molecule has 0 radical (unpaired) electrons. The fraction of sp³-hybridized carbons (Fsp3) is 0.526. The van der Waals surface area contributed by atoms with Crippen molar-refractivity contribution in [1.29, 1.82) is 0 Å². The van der Waals surface area contributed by atoms with E-state index in [1.807, 2.05) is 48.5 Å². The molecule has 1 heterocycles. The number of hydrogen-bond donors (Lipinski definition) is 2. The first-order chi connectivity index (χ1) is 13.6. The first kappa shape index (κ1) is 25.3. The van der Waals surface area contributed by atoms with Crippen LogP contribution in [0.1, 0.15) is 23.6 Å². The fourth-order valence-electron chi connectivity index (χ4n) is 2.51. The fourth-order valence-corrected chi connectivity index (χ4v) is 2.95. The third-order valence-electron chi connectivity index (χ3n) is 4.32. The second-order valence-corrected chi connectivity index (χ2v) is 7.18. The van der Waals surface area contributed by atoms with Gasteiger partial charge in [-0.15, -0.1) is 34.2 Å². The molecule has 0 amide bonds. The van der Waals surface area contributed by atoms with Crippen LogP contribution in [0.25, 0.3) is 0 Å². The number of benzene rings is 1. The van der Waals surface area contributed by atoms with Crippen molar-refractivity contribution < 1.29 is 9.47 Å². The van der Waals surface area contributed by atoms with Crippen molar-refractivity contribution in [3.05, 3.63) is 35.4 Å². The number of methoxy groups -OCH3 is 2.